The highest BCUT2D eigenvalue weighted by Gasteiger charge is 2.35. The minimum absolute atomic E-state index is 0.0283. The molecule has 4 rings (SSSR count). The van der Waals surface area contributed by atoms with E-state index in [4.69, 9.17) is 9.47 Å². The molecule has 2 aliphatic rings. The maximum atomic E-state index is 11.1. The summed E-state index contributed by atoms with van der Waals surface area (Å²) in [6.45, 7) is 11.5. The van der Waals surface area contributed by atoms with Crippen LogP contribution >= 0.6 is 0 Å². The average Bonchev–Trinajstić information content (AvgIpc) is 3.54. The molecule has 1 aromatic carbocycles. The molecule has 11 heteroatoms. The summed E-state index contributed by atoms with van der Waals surface area (Å²) in [6, 6.07) is 7.56. The lowest BCUT2D eigenvalue weighted by Gasteiger charge is -2.25. The second-order valence-corrected chi connectivity index (χ2v) is 11.9. The molecule has 36 heavy (non-hydrogen) atoms. The van der Waals surface area contributed by atoms with E-state index < -0.39 is 10.0 Å². The first kappa shape index (κ1) is 29.7. The Morgan fingerprint density at radius 3 is 2.03 bits per heavy atom. The number of methoxy groups -OCH3 is 1. The summed E-state index contributed by atoms with van der Waals surface area (Å²) in [7, 11) is -1.30. The Labute approximate surface area is 215 Å². The quantitative estimate of drug-likeness (QED) is 0.515. The van der Waals surface area contributed by atoms with Gasteiger partial charge in [0, 0.05) is 12.0 Å². The number of hydrogen-bond donors (Lipinski definition) is 1. The number of tetrazole rings is 1. The smallest absolute Gasteiger partial charge is 0.308 e. The van der Waals surface area contributed by atoms with Crippen LogP contribution in [0.5, 0.6) is 5.75 Å². The molecular formula is C25H41N5O5S. The first-order valence-corrected chi connectivity index (χ1v) is 14.1. The van der Waals surface area contributed by atoms with E-state index in [1.165, 1.54) is 11.2 Å². The molecule has 0 unspecified atom stereocenters. The van der Waals surface area contributed by atoms with E-state index in [2.05, 4.69) is 20.1 Å². The lowest BCUT2D eigenvalue weighted by Crippen LogP contribution is -2.32. The summed E-state index contributed by atoms with van der Waals surface area (Å²) in [5.74, 6) is 1.82. The molecule has 2 fully saturated rings. The zero-order valence-corrected chi connectivity index (χ0v) is 23.3. The van der Waals surface area contributed by atoms with Crippen LogP contribution < -0.4 is 9.46 Å². The lowest BCUT2D eigenvalue weighted by atomic mass is 9.96. The molecule has 0 radical (unpaired) electrons. The molecule has 1 aromatic heterocycles. The van der Waals surface area contributed by atoms with Crippen molar-refractivity contribution in [1.29, 1.82) is 0 Å². The van der Waals surface area contributed by atoms with Crippen molar-refractivity contribution in [3.8, 4) is 11.4 Å². The molecule has 0 aliphatic heterocycles. The second kappa shape index (κ2) is 13.7. The van der Waals surface area contributed by atoms with Crippen LogP contribution in [0.3, 0.4) is 0 Å². The van der Waals surface area contributed by atoms with Gasteiger partial charge < -0.3 is 9.47 Å². The van der Waals surface area contributed by atoms with Crippen LogP contribution in [0.25, 0.3) is 5.69 Å². The van der Waals surface area contributed by atoms with Crippen molar-refractivity contribution in [2.24, 2.45) is 5.92 Å². The maximum Gasteiger partial charge on any atom is 0.308 e. The normalized spacial score (nSPS) is 15.5. The third-order valence-electron chi connectivity index (χ3n) is 5.42. The van der Waals surface area contributed by atoms with Crippen LogP contribution in [-0.4, -0.2) is 59.1 Å². The monoisotopic (exact) mass is 523 g/mol. The van der Waals surface area contributed by atoms with Gasteiger partial charge in [0.05, 0.1) is 24.0 Å². The molecule has 0 saturated heterocycles. The van der Waals surface area contributed by atoms with E-state index in [1.54, 1.807) is 7.11 Å². The molecular weight excluding hydrogens is 482 g/mol. The number of ether oxygens (including phenoxy) is 2. The Kier molecular flexibility index (Phi) is 11.3. The highest BCUT2D eigenvalue weighted by Crippen LogP contribution is 2.27. The standard InChI is InChI=1S/C11H14N4O.C8H14O2.C6H13NO2S/c1-8(2)11-12-14-15(13-11)9-4-6-10(16-3)7-5-9;1-6(2)8(9)10-7-4-3-5-7;1-5(2)7-10(8,9)6-3-4-6/h4-8H,1-3H3;6-7H,3-5H2,1-2H3;5-7H,3-4H2,1-2H3. The number of nitrogens with zero attached hydrogens (tertiary/aromatic N) is 4. The van der Waals surface area contributed by atoms with Gasteiger partial charge >= 0.3 is 5.97 Å². The number of hydrogen-bond acceptors (Lipinski definition) is 8. The molecule has 0 spiro atoms. The fourth-order valence-corrected chi connectivity index (χ4v) is 4.48. The molecule has 202 valence electrons. The average molecular weight is 524 g/mol. The number of esters is 1. The van der Waals surface area contributed by atoms with Crippen LogP contribution in [0.2, 0.25) is 0 Å². The fraction of sp³-hybridized carbons (Fsp3) is 0.680. The van der Waals surface area contributed by atoms with E-state index >= 15 is 0 Å². The Morgan fingerprint density at radius 1 is 1.03 bits per heavy atom. The van der Waals surface area contributed by atoms with Crippen LogP contribution in [-0.2, 0) is 19.6 Å². The molecule has 1 heterocycles. The number of sulfonamides is 1. The van der Waals surface area contributed by atoms with Crippen molar-refractivity contribution in [3.63, 3.8) is 0 Å². The molecule has 1 N–H and O–H groups in total. The second-order valence-electron chi connectivity index (χ2n) is 9.95. The van der Waals surface area contributed by atoms with Crippen molar-refractivity contribution in [1.82, 2.24) is 24.9 Å². The van der Waals surface area contributed by atoms with Crippen molar-refractivity contribution < 1.29 is 22.7 Å². The molecule has 0 bridgehead atoms. The summed E-state index contributed by atoms with van der Waals surface area (Å²) in [5.41, 5.74) is 0.875. The Hall–Kier alpha value is -2.53. The molecule has 2 aromatic rings. The van der Waals surface area contributed by atoms with Crippen molar-refractivity contribution in [2.75, 3.05) is 7.11 Å². The van der Waals surface area contributed by atoms with Crippen molar-refractivity contribution in [2.45, 2.75) is 97.0 Å². The van der Waals surface area contributed by atoms with Gasteiger partial charge in [-0.05, 0) is 75.4 Å². The minimum atomic E-state index is -2.94. The van der Waals surface area contributed by atoms with E-state index in [0.29, 0.717) is 0 Å². The van der Waals surface area contributed by atoms with E-state index in [1.807, 2.05) is 65.8 Å². The van der Waals surface area contributed by atoms with Crippen LogP contribution in [0, 0.1) is 5.92 Å². The van der Waals surface area contributed by atoms with Crippen LogP contribution in [0.1, 0.15) is 85.4 Å². The van der Waals surface area contributed by atoms with Gasteiger partial charge in [0.25, 0.3) is 0 Å². The highest BCUT2D eigenvalue weighted by atomic mass is 32.2. The van der Waals surface area contributed by atoms with Gasteiger partial charge in [0.1, 0.15) is 11.9 Å². The molecule has 2 saturated carbocycles. The number of carbonyl (C=O) groups is 1. The van der Waals surface area contributed by atoms with Gasteiger partial charge in [0.2, 0.25) is 10.0 Å². The molecule has 10 nitrogen and oxygen atoms in total. The van der Waals surface area contributed by atoms with Crippen LogP contribution in [0.15, 0.2) is 24.3 Å². The van der Waals surface area contributed by atoms with Gasteiger partial charge in [-0.15, -0.1) is 15.0 Å². The molecule has 2 aliphatic carbocycles. The Bertz CT molecular complexity index is 1040. The Morgan fingerprint density at radius 2 is 1.64 bits per heavy atom. The predicted molar refractivity (Wildman–Crippen MR) is 139 cm³/mol. The van der Waals surface area contributed by atoms with Gasteiger partial charge in [-0.3, -0.25) is 4.79 Å². The number of carbonyl (C=O) groups excluding carboxylic acids is 1. The number of aromatic nitrogens is 4. The lowest BCUT2D eigenvalue weighted by molar-refractivity contribution is -0.156. The Balaban J connectivity index is 0.000000200. The topological polar surface area (TPSA) is 125 Å². The third-order valence-corrected chi connectivity index (χ3v) is 7.57. The first-order chi connectivity index (χ1) is 16.9. The largest absolute Gasteiger partial charge is 0.497 e. The van der Waals surface area contributed by atoms with Gasteiger partial charge in [-0.1, -0.05) is 27.7 Å². The minimum Gasteiger partial charge on any atom is -0.497 e. The SMILES string of the molecule is CC(C)C(=O)OC1CCC1.CC(C)NS(=O)(=O)C1CC1.COc1ccc(-n2nnc(C(C)C)n2)cc1. The molecule has 0 amide bonds. The number of benzene rings is 1. The molecule has 0 atom stereocenters. The van der Waals surface area contributed by atoms with Crippen LogP contribution in [0.4, 0.5) is 0 Å². The first-order valence-electron chi connectivity index (χ1n) is 12.6. The zero-order chi connectivity index (χ0) is 26.9. The van der Waals surface area contributed by atoms with E-state index in [0.717, 1.165) is 42.9 Å². The zero-order valence-electron chi connectivity index (χ0n) is 22.5. The van der Waals surface area contributed by atoms with Gasteiger partial charge in [0.15, 0.2) is 5.82 Å². The predicted octanol–water partition coefficient (Wildman–Crippen LogP) is 4.01. The highest BCUT2D eigenvalue weighted by molar-refractivity contribution is 7.90. The number of nitrogens with one attached hydrogen (secondary N) is 1. The summed E-state index contributed by atoms with van der Waals surface area (Å²) in [5, 5.41) is 12.2. The van der Waals surface area contributed by atoms with E-state index in [-0.39, 0.29) is 35.2 Å². The fourth-order valence-electron chi connectivity index (χ4n) is 2.87. The summed E-state index contributed by atoms with van der Waals surface area (Å²) >= 11 is 0. The summed E-state index contributed by atoms with van der Waals surface area (Å²) in [4.78, 5) is 12.4. The van der Waals surface area contributed by atoms with Crippen molar-refractivity contribution in [3.05, 3.63) is 30.1 Å². The van der Waals surface area contributed by atoms with Gasteiger partial charge in [-0.2, -0.15) is 0 Å². The van der Waals surface area contributed by atoms with E-state index in [9.17, 15) is 13.2 Å². The third kappa shape index (κ3) is 9.85. The summed E-state index contributed by atoms with van der Waals surface area (Å²) in [6.07, 6.45) is 5.27. The maximum absolute atomic E-state index is 11.1. The summed E-state index contributed by atoms with van der Waals surface area (Å²) < 4.78 is 34.9. The number of rotatable bonds is 8. The van der Waals surface area contributed by atoms with Crippen molar-refractivity contribution >= 4 is 16.0 Å². The van der Waals surface area contributed by atoms with Gasteiger partial charge in [-0.25, -0.2) is 13.1 Å².